The number of nitrogens with zero attached hydrogens (tertiary/aromatic N) is 4. The van der Waals surface area contributed by atoms with Crippen LogP contribution in [0.2, 0.25) is 0 Å². The van der Waals surface area contributed by atoms with Crippen LogP contribution < -0.4 is 5.32 Å². The van der Waals surface area contributed by atoms with Crippen LogP contribution in [0.1, 0.15) is 46.3 Å². The molecule has 2 fully saturated rings. The van der Waals surface area contributed by atoms with E-state index < -0.39 is 0 Å². The molecule has 2 aliphatic rings. The molecule has 0 spiro atoms. The predicted octanol–water partition coefficient (Wildman–Crippen LogP) is 2.37. The van der Waals surface area contributed by atoms with E-state index in [9.17, 15) is 4.79 Å². The first kappa shape index (κ1) is 19.0. The monoisotopic (exact) mass is 406 g/mol. The zero-order valence-electron chi connectivity index (χ0n) is 17.3. The van der Waals surface area contributed by atoms with Crippen molar-refractivity contribution in [3.05, 3.63) is 65.1 Å². The van der Waals surface area contributed by atoms with E-state index in [1.165, 1.54) is 5.56 Å². The van der Waals surface area contributed by atoms with E-state index in [1.807, 2.05) is 19.9 Å². The minimum absolute atomic E-state index is 0.0607. The molecule has 8 nitrogen and oxygen atoms in total. The van der Waals surface area contributed by atoms with Crippen LogP contribution in [-0.2, 0) is 12.0 Å². The molecule has 1 saturated heterocycles. The van der Waals surface area contributed by atoms with Crippen molar-refractivity contribution in [3.8, 4) is 0 Å². The minimum Gasteiger partial charge on any atom is -0.348 e. The van der Waals surface area contributed by atoms with Crippen LogP contribution in [-0.4, -0.2) is 50.3 Å². The second kappa shape index (κ2) is 7.36. The Balaban J connectivity index is 1.35. The summed E-state index contributed by atoms with van der Waals surface area (Å²) < 4.78 is 5.67. The zero-order chi connectivity index (χ0) is 20.7. The zero-order valence-corrected chi connectivity index (χ0v) is 17.3. The van der Waals surface area contributed by atoms with Crippen molar-refractivity contribution in [1.29, 1.82) is 0 Å². The standard InChI is InChI=1S/C22H26N6O2/c1-14-8-19(26-25-14)20(29)24-18-9-17-12-28(11-16-6-4-3-5-7-16)13-22(17,10-18)21-23-15(2)27-30-21/h3-8,17-18H,9-13H2,1-2H3,(H,24,29)(H,25,26)/t17-,18+,22-/m0/s1. The van der Waals surface area contributed by atoms with E-state index in [-0.39, 0.29) is 17.4 Å². The lowest BCUT2D eigenvalue weighted by Crippen LogP contribution is -2.38. The highest BCUT2D eigenvalue weighted by atomic mass is 16.5. The van der Waals surface area contributed by atoms with Crippen molar-refractivity contribution < 1.29 is 9.32 Å². The van der Waals surface area contributed by atoms with E-state index in [4.69, 9.17) is 4.52 Å². The fourth-order valence-corrected chi connectivity index (χ4v) is 5.17. The molecule has 1 saturated carbocycles. The average Bonchev–Trinajstić information content (AvgIpc) is 3.46. The molecule has 1 aliphatic heterocycles. The first-order valence-corrected chi connectivity index (χ1v) is 10.4. The van der Waals surface area contributed by atoms with E-state index >= 15 is 0 Å². The minimum atomic E-state index is -0.227. The first-order chi connectivity index (χ1) is 14.5. The lowest BCUT2D eigenvalue weighted by atomic mass is 9.80. The molecule has 0 radical (unpaired) electrons. The van der Waals surface area contributed by atoms with Crippen molar-refractivity contribution in [3.63, 3.8) is 0 Å². The van der Waals surface area contributed by atoms with Crippen LogP contribution in [0.25, 0.3) is 0 Å². The Kier molecular flexibility index (Phi) is 4.66. The van der Waals surface area contributed by atoms with Gasteiger partial charge in [0.15, 0.2) is 5.82 Å². The van der Waals surface area contributed by atoms with Gasteiger partial charge in [0, 0.05) is 31.4 Å². The predicted molar refractivity (Wildman–Crippen MR) is 110 cm³/mol. The number of aromatic amines is 1. The smallest absolute Gasteiger partial charge is 0.271 e. The van der Waals surface area contributed by atoms with Crippen LogP contribution in [0, 0.1) is 19.8 Å². The molecule has 0 unspecified atom stereocenters. The van der Waals surface area contributed by atoms with E-state index in [0.29, 0.717) is 23.3 Å². The summed E-state index contributed by atoms with van der Waals surface area (Å²) in [6.45, 7) is 6.43. The number of carbonyl (C=O) groups is 1. The van der Waals surface area contributed by atoms with Gasteiger partial charge in [-0.15, -0.1) is 0 Å². The van der Waals surface area contributed by atoms with Gasteiger partial charge in [-0.25, -0.2) is 0 Å². The van der Waals surface area contributed by atoms with Crippen LogP contribution in [0.15, 0.2) is 40.9 Å². The summed E-state index contributed by atoms with van der Waals surface area (Å²) in [4.78, 5) is 19.7. The SMILES string of the molecule is Cc1noc([C@]23C[C@H](NC(=O)c4cc(C)[nH]n4)C[C@H]2CN(Cc2ccccc2)C3)n1. The van der Waals surface area contributed by atoms with Crippen molar-refractivity contribution in [2.45, 2.75) is 44.7 Å². The number of hydrogen-bond acceptors (Lipinski definition) is 6. The lowest BCUT2D eigenvalue weighted by Gasteiger charge is -2.25. The number of aryl methyl sites for hydroxylation is 2. The number of likely N-dealkylation sites (tertiary alicyclic amines) is 1. The molecule has 1 aliphatic carbocycles. The van der Waals surface area contributed by atoms with Crippen LogP contribution in [0.3, 0.4) is 0 Å². The molecule has 5 rings (SSSR count). The second-order valence-corrected chi connectivity index (χ2v) is 8.70. The summed E-state index contributed by atoms with van der Waals surface area (Å²) in [5.41, 5.74) is 2.37. The number of benzene rings is 1. The molecule has 3 aromatic rings. The molecule has 3 atom stereocenters. The normalized spacial score (nSPS) is 26.1. The Bertz CT molecular complexity index is 1040. The Morgan fingerprint density at radius 2 is 2.17 bits per heavy atom. The van der Waals surface area contributed by atoms with Crippen molar-refractivity contribution in [2.75, 3.05) is 13.1 Å². The van der Waals surface area contributed by atoms with Gasteiger partial charge in [0.25, 0.3) is 5.91 Å². The van der Waals surface area contributed by atoms with Crippen LogP contribution in [0.4, 0.5) is 0 Å². The van der Waals surface area contributed by atoms with E-state index in [0.717, 1.165) is 38.2 Å². The maximum Gasteiger partial charge on any atom is 0.271 e. The first-order valence-electron chi connectivity index (χ1n) is 10.4. The summed E-state index contributed by atoms with van der Waals surface area (Å²) in [6.07, 6.45) is 1.68. The van der Waals surface area contributed by atoms with Gasteiger partial charge in [0.05, 0.1) is 5.41 Å². The quantitative estimate of drug-likeness (QED) is 0.675. The van der Waals surface area contributed by atoms with Crippen LogP contribution >= 0.6 is 0 Å². The van der Waals surface area contributed by atoms with Gasteiger partial charge in [-0.3, -0.25) is 14.8 Å². The van der Waals surface area contributed by atoms with Gasteiger partial charge < -0.3 is 9.84 Å². The number of H-pyrrole nitrogens is 1. The summed E-state index contributed by atoms with van der Waals surface area (Å²) >= 11 is 0. The van der Waals surface area contributed by atoms with Gasteiger partial charge in [0.2, 0.25) is 5.89 Å². The Labute approximate surface area is 175 Å². The highest BCUT2D eigenvalue weighted by Crippen LogP contribution is 2.50. The maximum absolute atomic E-state index is 12.6. The third kappa shape index (κ3) is 3.41. The lowest BCUT2D eigenvalue weighted by molar-refractivity contribution is 0.0928. The Hall–Kier alpha value is -3.00. The molecule has 0 bridgehead atoms. The molecule has 2 aromatic heterocycles. The molecule has 156 valence electrons. The molecular formula is C22H26N6O2. The van der Waals surface area contributed by atoms with Gasteiger partial charge in [-0.05, 0) is 44.2 Å². The third-order valence-electron chi connectivity index (χ3n) is 6.42. The van der Waals surface area contributed by atoms with Gasteiger partial charge in [0.1, 0.15) is 5.69 Å². The van der Waals surface area contributed by atoms with Gasteiger partial charge in [-0.1, -0.05) is 35.5 Å². The molecule has 1 aromatic carbocycles. The molecule has 30 heavy (non-hydrogen) atoms. The van der Waals surface area contributed by atoms with Crippen molar-refractivity contribution in [1.82, 2.24) is 30.6 Å². The topological polar surface area (TPSA) is 99.9 Å². The van der Waals surface area contributed by atoms with E-state index in [1.54, 1.807) is 6.07 Å². The largest absolute Gasteiger partial charge is 0.348 e. The van der Waals surface area contributed by atoms with Crippen molar-refractivity contribution in [2.24, 2.45) is 5.92 Å². The highest BCUT2D eigenvalue weighted by molar-refractivity contribution is 5.92. The Morgan fingerprint density at radius 3 is 2.87 bits per heavy atom. The van der Waals surface area contributed by atoms with E-state index in [2.05, 4.69) is 54.8 Å². The van der Waals surface area contributed by atoms with Gasteiger partial charge in [-0.2, -0.15) is 10.1 Å². The summed E-state index contributed by atoms with van der Waals surface area (Å²) in [7, 11) is 0. The fourth-order valence-electron chi connectivity index (χ4n) is 5.17. The molecule has 1 amide bonds. The van der Waals surface area contributed by atoms with Gasteiger partial charge >= 0.3 is 0 Å². The highest BCUT2D eigenvalue weighted by Gasteiger charge is 2.57. The molecular weight excluding hydrogens is 380 g/mol. The average molecular weight is 406 g/mol. The number of hydrogen-bond donors (Lipinski definition) is 2. The van der Waals surface area contributed by atoms with Crippen molar-refractivity contribution >= 4 is 5.91 Å². The number of carbonyl (C=O) groups excluding carboxylic acids is 1. The Morgan fingerprint density at radius 1 is 1.33 bits per heavy atom. The number of fused-ring (bicyclic) bond motifs is 1. The molecule has 2 N–H and O–H groups in total. The number of nitrogens with one attached hydrogen (secondary N) is 2. The maximum atomic E-state index is 12.6. The third-order valence-corrected chi connectivity index (χ3v) is 6.42. The fraction of sp³-hybridized carbons (Fsp3) is 0.455. The summed E-state index contributed by atoms with van der Waals surface area (Å²) in [6, 6.07) is 12.3. The summed E-state index contributed by atoms with van der Waals surface area (Å²) in [5, 5.41) is 14.1. The second-order valence-electron chi connectivity index (χ2n) is 8.70. The number of rotatable bonds is 5. The summed E-state index contributed by atoms with van der Waals surface area (Å²) in [5.74, 6) is 1.57. The number of amides is 1. The number of aromatic nitrogens is 4. The molecule has 8 heteroatoms. The molecule has 3 heterocycles. The van der Waals surface area contributed by atoms with Crippen LogP contribution in [0.5, 0.6) is 0 Å².